The summed E-state index contributed by atoms with van der Waals surface area (Å²) in [4.78, 5) is 2.99. The van der Waals surface area contributed by atoms with Crippen LogP contribution in [0.25, 0.3) is 10.4 Å². The minimum absolute atomic E-state index is 0.0191. The molecule has 0 unspecified atom stereocenters. The Kier molecular flexibility index (Phi) is 10.5. The van der Waals surface area contributed by atoms with Crippen LogP contribution >= 0.6 is 0 Å². The molecule has 0 aliphatic rings. The highest BCUT2D eigenvalue weighted by Crippen LogP contribution is 2.41. The van der Waals surface area contributed by atoms with Crippen molar-refractivity contribution in [3.8, 4) is 0 Å². The van der Waals surface area contributed by atoms with Gasteiger partial charge in [-0.05, 0) is 55.1 Å². The van der Waals surface area contributed by atoms with Crippen LogP contribution in [-0.4, -0.2) is 45.6 Å². The van der Waals surface area contributed by atoms with E-state index in [1.165, 1.54) is 0 Å². The van der Waals surface area contributed by atoms with E-state index in [4.69, 9.17) is 14.4 Å². The normalized spacial score (nSPS) is 18.7. The molecule has 0 fully saturated rings. The van der Waals surface area contributed by atoms with E-state index < -0.39 is 34.4 Å². The van der Waals surface area contributed by atoms with Gasteiger partial charge in [-0.3, -0.25) is 0 Å². The molecule has 0 rings (SSSR count). The predicted molar refractivity (Wildman–Crippen MR) is 124 cm³/mol. The summed E-state index contributed by atoms with van der Waals surface area (Å²) in [6, 6.07) is 2.57. The Labute approximate surface area is 175 Å². The second kappa shape index (κ2) is 10.6. The number of nitrogens with zero attached hydrogens (tertiary/aromatic N) is 3. The van der Waals surface area contributed by atoms with Gasteiger partial charge in [-0.1, -0.05) is 60.5 Å². The maximum Gasteiger partial charge on any atom is 0.192 e. The Hall–Kier alpha value is -0.376. The van der Waals surface area contributed by atoms with Gasteiger partial charge in [-0.25, -0.2) is 0 Å². The molecule has 0 aliphatic heterocycles. The minimum atomic E-state index is -2.20. The lowest BCUT2D eigenvalue weighted by atomic mass is 9.87. The molecular weight excluding hydrogens is 386 g/mol. The summed E-state index contributed by atoms with van der Waals surface area (Å²) < 4.78 is 13.3. The molecule has 166 valence electrons. The van der Waals surface area contributed by atoms with Crippen LogP contribution in [0.5, 0.6) is 0 Å². The first kappa shape index (κ1) is 27.6. The van der Waals surface area contributed by atoms with Crippen molar-refractivity contribution in [1.29, 1.82) is 0 Å². The van der Waals surface area contributed by atoms with Gasteiger partial charge in [0.2, 0.25) is 0 Å². The lowest BCUT2D eigenvalue weighted by Crippen LogP contribution is -2.61. The Morgan fingerprint density at radius 3 is 1.79 bits per heavy atom. The second-order valence-corrected chi connectivity index (χ2v) is 19.2. The summed E-state index contributed by atoms with van der Waals surface area (Å²) in [5.41, 5.74) is 7.76. The van der Waals surface area contributed by atoms with Crippen LogP contribution in [0.3, 0.4) is 0 Å². The molecule has 0 aromatic heterocycles. The SMILES string of the molecule is CC[C@@H](O[Si](CC)(CC)CC)[C@@](C)(O)[C@H](O[Si](C)(C)C(C)(C)C)[C@@H](C)N=[N+]=[N-]. The maximum atomic E-state index is 11.7. The molecule has 0 saturated heterocycles. The zero-order chi connectivity index (χ0) is 22.4. The van der Waals surface area contributed by atoms with Crippen molar-refractivity contribution < 1.29 is 14.0 Å². The summed E-state index contributed by atoms with van der Waals surface area (Å²) >= 11 is 0. The van der Waals surface area contributed by atoms with E-state index in [1.807, 2.05) is 13.8 Å². The Morgan fingerprint density at radius 2 is 1.46 bits per heavy atom. The monoisotopic (exact) mass is 431 g/mol. The summed E-state index contributed by atoms with van der Waals surface area (Å²) in [5, 5.41) is 15.6. The van der Waals surface area contributed by atoms with Gasteiger partial charge in [0.25, 0.3) is 0 Å². The van der Waals surface area contributed by atoms with Crippen LogP contribution in [0.4, 0.5) is 0 Å². The smallest absolute Gasteiger partial charge is 0.192 e. The topological polar surface area (TPSA) is 87.5 Å². The highest BCUT2D eigenvalue weighted by Gasteiger charge is 2.50. The molecule has 4 atom stereocenters. The van der Waals surface area contributed by atoms with Gasteiger partial charge in [0.1, 0.15) is 5.60 Å². The molecule has 28 heavy (non-hydrogen) atoms. The first-order chi connectivity index (χ1) is 12.7. The van der Waals surface area contributed by atoms with Crippen molar-refractivity contribution >= 4 is 16.6 Å². The molecule has 0 aliphatic carbocycles. The van der Waals surface area contributed by atoms with Crippen molar-refractivity contribution in [2.75, 3.05) is 0 Å². The fraction of sp³-hybridized carbons (Fsp3) is 1.00. The van der Waals surface area contributed by atoms with Crippen LogP contribution in [0.1, 0.15) is 68.7 Å². The first-order valence-corrected chi connectivity index (χ1v) is 16.2. The Balaban J connectivity index is 6.09. The van der Waals surface area contributed by atoms with Crippen LogP contribution < -0.4 is 0 Å². The van der Waals surface area contributed by atoms with Crippen LogP contribution in [0, 0.1) is 0 Å². The molecule has 6 nitrogen and oxygen atoms in total. The third-order valence-electron chi connectivity index (χ3n) is 6.82. The quantitative estimate of drug-likeness (QED) is 0.163. The molecule has 0 aromatic rings. The van der Waals surface area contributed by atoms with Crippen LogP contribution in [0.2, 0.25) is 36.3 Å². The summed E-state index contributed by atoms with van der Waals surface area (Å²) in [7, 11) is -4.11. The molecule has 0 bridgehead atoms. The van der Waals surface area contributed by atoms with Crippen molar-refractivity contribution in [1.82, 2.24) is 0 Å². The summed E-state index contributed by atoms with van der Waals surface area (Å²) in [6.07, 6.45) is -0.293. The zero-order valence-corrected chi connectivity index (χ0v) is 22.2. The third kappa shape index (κ3) is 6.57. The van der Waals surface area contributed by atoms with Gasteiger partial charge in [0.05, 0.1) is 18.2 Å². The third-order valence-corrected chi connectivity index (χ3v) is 15.9. The van der Waals surface area contributed by atoms with Crippen LogP contribution in [0.15, 0.2) is 5.11 Å². The van der Waals surface area contributed by atoms with Gasteiger partial charge in [0.15, 0.2) is 16.6 Å². The van der Waals surface area contributed by atoms with Gasteiger partial charge >= 0.3 is 0 Å². The van der Waals surface area contributed by atoms with E-state index >= 15 is 0 Å². The number of azide groups is 1. The number of hydrogen-bond donors (Lipinski definition) is 1. The van der Waals surface area contributed by atoms with E-state index in [2.05, 4.69) is 64.7 Å². The van der Waals surface area contributed by atoms with E-state index in [9.17, 15) is 5.11 Å². The molecule has 0 saturated carbocycles. The molecule has 0 spiro atoms. The van der Waals surface area contributed by atoms with Gasteiger partial charge in [-0.2, -0.15) is 0 Å². The standard InChI is InChI=1S/C20H45N3O3Si2/c1-12-17(25-28(13-2,14-3)15-4)20(9,24)18(16(5)22-23-21)26-27(10,11)19(6,7)8/h16-18,24H,12-15H2,1-11H3/t16-,17-,18-,20-/m1/s1. The zero-order valence-electron chi connectivity index (χ0n) is 20.2. The number of aliphatic hydroxyl groups is 1. The molecule has 0 heterocycles. The molecule has 0 radical (unpaired) electrons. The fourth-order valence-electron chi connectivity index (χ4n) is 3.44. The highest BCUT2D eigenvalue weighted by molar-refractivity contribution is 6.74. The Bertz CT molecular complexity index is 517. The average molecular weight is 432 g/mol. The lowest BCUT2D eigenvalue weighted by molar-refractivity contribution is -0.129. The molecule has 1 N–H and O–H groups in total. The molecular formula is C20H45N3O3Si2. The minimum Gasteiger partial charge on any atom is -0.411 e. The van der Waals surface area contributed by atoms with Gasteiger partial charge in [-0.15, -0.1) is 0 Å². The first-order valence-electron chi connectivity index (χ1n) is 10.8. The average Bonchev–Trinajstić information content (AvgIpc) is 2.60. The molecule has 0 aromatic carbocycles. The lowest BCUT2D eigenvalue weighted by Gasteiger charge is -2.48. The van der Waals surface area contributed by atoms with Gasteiger partial charge < -0.3 is 14.0 Å². The second-order valence-electron chi connectivity index (χ2n) is 9.73. The van der Waals surface area contributed by atoms with Gasteiger partial charge in [0, 0.05) is 4.91 Å². The van der Waals surface area contributed by atoms with Crippen molar-refractivity contribution in [3.63, 3.8) is 0 Å². The fourth-order valence-corrected chi connectivity index (χ4v) is 7.88. The highest BCUT2D eigenvalue weighted by atomic mass is 28.4. The predicted octanol–water partition coefficient (Wildman–Crippen LogP) is 6.63. The number of rotatable bonds is 12. The summed E-state index contributed by atoms with van der Waals surface area (Å²) in [6.45, 7) is 23.0. The van der Waals surface area contributed by atoms with Crippen LogP contribution in [-0.2, 0) is 8.85 Å². The van der Waals surface area contributed by atoms with Crippen molar-refractivity contribution in [3.05, 3.63) is 10.4 Å². The van der Waals surface area contributed by atoms with E-state index in [0.29, 0.717) is 6.42 Å². The van der Waals surface area contributed by atoms with E-state index in [0.717, 1.165) is 18.1 Å². The summed E-state index contributed by atoms with van der Waals surface area (Å²) in [5.74, 6) is 0. The molecule has 8 heteroatoms. The number of hydrogen-bond acceptors (Lipinski definition) is 4. The molecule has 0 amide bonds. The van der Waals surface area contributed by atoms with E-state index in [1.54, 1.807) is 6.92 Å². The Morgan fingerprint density at radius 1 is 1.00 bits per heavy atom. The van der Waals surface area contributed by atoms with Crippen molar-refractivity contribution in [2.45, 2.75) is 129 Å². The largest absolute Gasteiger partial charge is 0.411 e. The van der Waals surface area contributed by atoms with Crippen molar-refractivity contribution in [2.24, 2.45) is 5.11 Å². The maximum absolute atomic E-state index is 11.7. The van der Waals surface area contributed by atoms with E-state index in [-0.39, 0.29) is 11.1 Å².